The summed E-state index contributed by atoms with van der Waals surface area (Å²) in [4.78, 5) is 19.9. The van der Waals surface area contributed by atoms with E-state index in [0.717, 1.165) is 4.68 Å². The second-order valence-corrected chi connectivity index (χ2v) is 6.41. The first kappa shape index (κ1) is 23.0. The number of carbonyl (C=O) groups is 1. The fraction of sp³-hybridized carbons (Fsp3) is 0.500. The molecular weight excluding hydrogens is 504 g/mol. The number of nitrogens with zero attached hydrogens (tertiary/aromatic N) is 7. The smallest absolute Gasteiger partial charge is 0.352 e. The average Bonchev–Trinajstić information content (AvgIpc) is 3.21. The second kappa shape index (κ2) is 9.00. The third kappa shape index (κ3) is 5.19. The van der Waals surface area contributed by atoms with Crippen molar-refractivity contribution in [3.63, 3.8) is 0 Å². The third-order valence-electron chi connectivity index (χ3n) is 4.34. The highest BCUT2D eigenvalue weighted by Crippen LogP contribution is 2.30. The van der Waals surface area contributed by atoms with Gasteiger partial charge >= 0.3 is 6.18 Å². The zero-order chi connectivity index (χ0) is 20.5. The molecule has 1 aliphatic heterocycles. The molecule has 29 heavy (non-hydrogen) atoms. The van der Waals surface area contributed by atoms with Gasteiger partial charge in [0, 0.05) is 58.7 Å². The molecule has 0 bridgehead atoms. The zero-order valence-corrected chi connectivity index (χ0v) is 18.5. The Morgan fingerprint density at radius 2 is 1.97 bits per heavy atom. The number of aryl methyl sites for hydroxylation is 2. The van der Waals surface area contributed by atoms with Crippen LogP contribution in [-0.2, 0) is 31.6 Å². The summed E-state index contributed by atoms with van der Waals surface area (Å²) in [7, 11) is 4.72. The Bertz CT molecular complexity index is 891. The Labute approximate surface area is 182 Å². The topological polar surface area (TPSA) is 83.6 Å². The van der Waals surface area contributed by atoms with Gasteiger partial charge in [-0.1, -0.05) is 0 Å². The van der Waals surface area contributed by atoms with Crippen LogP contribution in [0.15, 0.2) is 23.6 Å². The number of rotatable bonds is 3. The minimum atomic E-state index is -4.53. The molecule has 0 radical (unpaired) electrons. The molecular formula is C16H22F3IN8O. The molecule has 1 saturated heterocycles. The van der Waals surface area contributed by atoms with E-state index in [2.05, 4.69) is 20.5 Å². The molecule has 2 aromatic rings. The number of halogens is 4. The molecule has 0 aliphatic carbocycles. The van der Waals surface area contributed by atoms with Crippen LogP contribution in [0.3, 0.4) is 0 Å². The fourth-order valence-corrected chi connectivity index (χ4v) is 3.09. The van der Waals surface area contributed by atoms with Crippen molar-refractivity contribution in [3.05, 3.63) is 29.8 Å². The van der Waals surface area contributed by atoms with Gasteiger partial charge in [-0.2, -0.15) is 23.4 Å². The van der Waals surface area contributed by atoms with Gasteiger partial charge in [0.1, 0.15) is 6.54 Å². The quantitative estimate of drug-likeness (QED) is 0.370. The van der Waals surface area contributed by atoms with E-state index in [4.69, 9.17) is 0 Å². The first-order valence-electron chi connectivity index (χ1n) is 8.53. The van der Waals surface area contributed by atoms with E-state index in [9.17, 15) is 18.0 Å². The molecule has 0 spiro atoms. The maximum absolute atomic E-state index is 13.1. The van der Waals surface area contributed by atoms with Crippen LogP contribution < -0.4 is 10.2 Å². The van der Waals surface area contributed by atoms with Gasteiger partial charge in [-0.3, -0.25) is 19.2 Å². The standard InChI is InChI=1S/C16H21F3N8O.HI/c1-20-15(21-6-11-8-25(3)23-14(11)16(17,18)19)26-4-5-27(13(28)10-26)12-7-22-24(2)9-12;/h7-9H,4-6,10H2,1-3H3,(H,20,21);1H. The van der Waals surface area contributed by atoms with Crippen LogP contribution in [0.1, 0.15) is 11.3 Å². The van der Waals surface area contributed by atoms with Crippen LogP contribution in [0.2, 0.25) is 0 Å². The molecule has 2 aromatic heterocycles. The van der Waals surface area contributed by atoms with Crippen LogP contribution in [-0.4, -0.2) is 63.0 Å². The molecule has 1 aliphatic rings. The van der Waals surface area contributed by atoms with Gasteiger partial charge in [0.05, 0.1) is 11.9 Å². The van der Waals surface area contributed by atoms with Crippen molar-refractivity contribution in [3.8, 4) is 0 Å². The van der Waals surface area contributed by atoms with Crippen molar-refractivity contribution in [1.82, 2.24) is 29.8 Å². The van der Waals surface area contributed by atoms with Gasteiger partial charge < -0.3 is 15.1 Å². The summed E-state index contributed by atoms with van der Waals surface area (Å²) < 4.78 is 42.0. The summed E-state index contributed by atoms with van der Waals surface area (Å²) in [5.41, 5.74) is -0.216. The van der Waals surface area contributed by atoms with Gasteiger partial charge in [-0.15, -0.1) is 24.0 Å². The van der Waals surface area contributed by atoms with E-state index < -0.39 is 11.9 Å². The lowest BCUT2D eigenvalue weighted by molar-refractivity contribution is -0.142. The molecule has 0 unspecified atom stereocenters. The number of alkyl halides is 3. The minimum Gasteiger partial charge on any atom is -0.352 e. The van der Waals surface area contributed by atoms with Crippen LogP contribution in [0.4, 0.5) is 18.9 Å². The Kier molecular flexibility index (Phi) is 7.13. The molecule has 1 amide bonds. The molecule has 3 heterocycles. The summed E-state index contributed by atoms with van der Waals surface area (Å²) in [5, 5.41) is 10.4. The van der Waals surface area contributed by atoms with Crippen molar-refractivity contribution in [1.29, 1.82) is 0 Å². The van der Waals surface area contributed by atoms with Gasteiger partial charge in [0.25, 0.3) is 0 Å². The molecule has 9 nitrogen and oxygen atoms in total. The van der Waals surface area contributed by atoms with Gasteiger partial charge in [-0.25, -0.2) is 0 Å². The fourth-order valence-electron chi connectivity index (χ4n) is 3.09. The first-order chi connectivity index (χ1) is 13.2. The average molecular weight is 526 g/mol. The van der Waals surface area contributed by atoms with E-state index in [1.165, 1.54) is 20.3 Å². The lowest BCUT2D eigenvalue weighted by atomic mass is 10.2. The molecule has 160 valence electrons. The Morgan fingerprint density at radius 3 is 2.52 bits per heavy atom. The Hall–Kier alpha value is -2.32. The first-order valence-corrected chi connectivity index (χ1v) is 8.53. The summed E-state index contributed by atoms with van der Waals surface area (Å²) >= 11 is 0. The molecule has 13 heteroatoms. The summed E-state index contributed by atoms with van der Waals surface area (Å²) in [6.45, 7) is 0.867. The van der Waals surface area contributed by atoms with Crippen molar-refractivity contribution in [2.45, 2.75) is 12.7 Å². The maximum Gasteiger partial charge on any atom is 0.435 e. The highest BCUT2D eigenvalue weighted by Gasteiger charge is 2.37. The van der Waals surface area contributed by atoms with Crippen LogP contribution >= 0.6 is 24.0 Å². The zero-order valence-electron chi connectivity index (χ0n) is 16.1. The number of anilines is 1. The number of carbonyl (C=O) groups excluding carboxylic acids is 1. The second-order valence-electron chi connectivity index (χ2n) is 6.41. The number of hydrogen-bond acceptors (Lipinski definition) is 4. The number of nitrogens with one attached hydrogen (secondary N) is 1. The van der Waals surface area contributed by atoms with Gasteiger partial charge in [0.2, 0.25) is 5.91 Å². The molecule has 1 fully saturated rings. The minimum absolute atomic E-state index is 0. The summed E-state index contributed by atoms with van der Waals surface area (Å²) in [6.07, 6.45) is 0.144. The molecule has 0 aromatic carbocycles. The lowest BCUT2D eigenvalue weighted by Gasteiger charge is -2.35. The largest absolute Gasteiger partial charge is 0.435 e. The summed E-state index contributed by atoms with van der Waals surface area (Å²) in [5.74, 6) is 0.218. The maximum atomic E-state index is 13.1. The molecule has 1 N–H and O–H groups in total. The van der Waals surface area contributed by atoms with Crippen molar-refractivity contribution >= 4 is 41.5 Å². The summed E-state index contributed by atoms with van der Waals surface area (Å²) in [6, 6.07) is 0. The van der Waals surface area contributed by atoms with Crippen molar-refractivity contribution in [2.75, 3.05) is 31.6 Å². The Morgan fingerprint density at radius 1 is 1.24 bits per heavy atom. The Balaban J connectivity index is 0.00000300. The number of hydrogen-bond donors (Lipinski definition) is 1. The predicted molar refractivity (Wildman–Crippen MR) is 111 cm³/mol. The molecule has 3 rings (SSSR count). The number of piperazine rings is 1. The van der Waals surface area contributed by atoms with Gasteiger partial charge in [-0.05, 0) is 0 Å². The normalized spacial score (nSPS) is 15.5. The van der Waals surface area contributed by atoms with Crippen LogP contribution in [0, 0.1) is 0 Å². The number of aromatic nitrogens is 4. The molecule has 0 saturated carbocycles. The van der Waals surface area contributed by atoms with Crippen LogP contribution in [0.25, 0.3) is 0 Å². The third-order valence-corrected chi connectivity index (χ3v) is 4.34. The predicted octanol–water partition coefficient (Wildman–Crippen LogP) is 1.21. The van der Waals surface area contributed by atoms with E-state index in [-0.39, 0.29) is 48.5 Å². The molecule has 0 atom stereocenters. The van der Waals surface area contributed by atoms with Crippen LogP contribution in [0.5, 0.6) is 0 Å². The van der Waals surface area contributed by atoms with Gasteiger partial charge in [0.15, 0.2) is 11.7 Å². The van der Waals surface area contributed by atoms with E-state index in [0.29, 0.717) is 24.7 Å². The van der Waals surface area contributed by atoms with E-state index >= 15 is 0 Å². The SMILES string of the molecule is CN=C(NCc1cn(C)nc1C(F)(F)F)N1CCN(c2cnn(C)c2)C(=O)C1.I. The highest BCUT2D eigenvalue weighted by atomic mass is 127. The highest BCUT2D eigenvalue weighted by molar-refractivity contribution is 14.0. The number of amides is 1. The van der Waals surface area contributed by atoms with E-state index in [1.54, 1.807) is 33.9 Å². The lowest BCUT2D eigenvalue weighted by Crippen LogP contribution is -2.55. The number of aliphatic imine (C=N–C) groups is 1. The van der Waals surface area contributed by atoms with E-state index in [1.807, 2.05) is 0 Å². The number of guanidine groups is 1. The monoisotopic (exact) mass is 526 g/mol. The van der Waals surface area contributed by atoms with Crippen molar-refractivity contribution in [2.24, 2.45) is 19.1 Å². The van der Waals surface area contributed by atoms with Crippen molar-refractivity contribution < 1.29 is 18.0 Å².